The van der Waals surface area contributed by atoms with Crippen LogP contribution in [0.4, 0.5) is 0 Å². The molecule has 1 unspecified atom stereocenters. The van der Waals surface area contributed by atoms with Crippen LogP contribution < -0.4 is 10.6 Å². The molecule has 218 valence electrons. The predicted octanol–water partition coefficient (Wildman–Crippen LogP) is 1.68. The first-order valence-corrected chi connectivity index (χ1v) is 15.3. The second-order valence-corrected chi connectivity index (χ2v) is 13.1. The van der Waals surface area contributed by atoms with E-state index < -0.39 is 62.3 Å². The van der Waals surface area contributed by atoms with E-state index in [-0.39, 0.29) is 6.61 Å². The first-order valence-electron chi connectivity index (χ1n) is 13.5. The van der Waals surface area contributed by atoms with Crippen LogP contribution in [0.25, 0.3) is 0 Å². The highest BCUT2D eigenvalue weighted by Gasteiger charge is 2.51. The molecule has 1 fully saturated rings. The second kappa shape index (κ2) is 13.4. The Balaban J connectivity index is 1.51. The number of aliphatic hydroxyl groups is 4. The Labute approximate surface area is 239 Å². The fourth-order valence-electron chi connectivity index (χ4n) is 5.26. The van der Waals surface area contributed by atoms with Crippen molar-refractivity contribution in [1.29, 1.82) is 0 Å². The molecule has 1 saturated heterocycles. The molecule has 2 aliphatic heterocycles. The Morgan fingerprint density at radius 1 is 0.756 bits per heavy atom. The third-order valence-corrected chi connectivity index (χ3v) is 10.9. The average molecular weight is 583 g/mol. The Morgan fingerprint density at radius 2 is 1.34 bits per heavy atom. The van der Waals surface area contributed by atoms with Gasteiger partial charge in [-0.25, -0.2) is 0 Å². The molecule has 2 heterocycles. The van der Waals surface area contributed by atoms with E-state index in [0.717, 1.165) is 5.56 Å². The Kier molecular flexibility index (Phi) is 9.70. The summed E-state index contributed by atoms with van der Waals surface area (Å²) in [5.74, 6) is 0. The molecule has 3 aromatic carbocycles. The summed E-state index contributed by atoms with van der Waals surface area (Å²) in [6.07, 6.45) is -6.02. The molecule has 41 heavy (non-hydrogen) atoms. The van der Waals surface area contributed by atoms with Crippen molar-refractivity contribution in [1.82, 2.24) is 0 Å². The van der Waals surface area contributed by atoms with Gasteiger partial charge in [-0.1, -0.05) is 91.0 Å². The van der Waals surface area contributed by atoms with Crippen molar-refractivity contribution in [3.05, 3.63) is 109 Å². The lowest BCUT2D eigenvalue weighted by Gasteiger charge is -2.44. The maximum Gasteiger partial charge on any atom is 0.187 e. The Morgan fingerprint density at radius 3 is 1.93 bits per heavy atom. The van der Waals surface area contributed by atoms with Crippen LogP contribution in [0.5, 0.6) is 0 Å². The van der Waals surface area contributed by atoms with Gasteiger partial charge in [-0.15, -0.1) is 0 Å². The molecule has 0 aliphatic carbocycles. The Bertz CT molecular complexity index is 1260. The Hall–Kier alpha value is -2.85. The first-order chi connectivity index (χ1) is 19.9. The molecule has 10 heteroatoms. The summed E-state index contributed by atoms with van der Waals surface area (Å²) in [7, 11) is -3.47. The quantitative estimate of drug-likeness (QED) is 0.264. The number of ether oxygens (including phenoxy) is 4. The van der Waals surface area contributed by atoms with Crippen molar-refractivity contribution in [2.24, 2.45) is 0 Å². The molecule has 4 N–H and O–H groups in total. The fourth-order valence-corrected chi connectivity index (χ4v) is 8.46. The standard InChI is InChI=1S/C31H35O9P/c32-18-24-27(33)28(34)29(35)31(39-24)40-30-25(20-37-19-21-10-4-1-5-11-21)38-17-16-26(30)41(36,22-12-6-2-7-13-22)23-14-8-3-9-15-23/h1-17,24-35H,18-20H2/t24-,25-,26?,27+,28+,29-,30-,31+/m1/s1. The van der Waals surface area contributed by atoms with Crippen LogP contribution in [0.15, 0.2) is 103 Å². The molecular weight excluding hydrogens is 547 g/mol. The zero-order chi connectivity index (χ0) is 28.8. The largest absolute Gasteiger partial charge is 0.493 e. The highest BCUT2D eigenvalue weighted by molar-refractivity contribution is 7.79. The summed E-state index contributed by atoms with van der Waals surface area (Å²) < 4.78 is 39.3. The number of benzene rings is 3. The second-order valence-electron chi connectivity index (χ2n) is 10.1. The van der Waals surface area contributed by atoms with E-state index in [9.17, 15) is 20.4 Å². The van der Waals surface area contributed by atoms with Gasteiger partial charge in [-0.2, -0.15) is 0 Å². The maximum atomic E-state index is 15.3. The van der Waals surface area contributed by atoms with E-state index in [2.05, 4.69) is 0 Å². The molecule has 3 aromatic rings. The van der Waals surface area contributed by atoms with E-state index in [1.165, 1.54) is 6.26 Å². The average Bonchev–Trinajstić information content (AvgIpc) is 3.03. The SMILES string of the molecule is O=P(c1ccccc1)(c1ccccc1)C1C=CO[C@H](COCc2ccccc2)[C@H]1O[C@@H]1O[C@H](CO)[C@H](O)[C@H](O)[C@H]1O. The van der Waals surface area contributed by atoms with Crippen molar-refractivity contribution >= 4 is 17.8 Å². The molecular formula is C31H35O9P. The zero-order valence-electron chi connectivity index (χ0n) is 22.3. The minimum Gasteiger partial charge on any atom is -0.493 e. The van der Waals surface area contributed by atoms with Crippen LogP contribution in [0.3, 0.4) is 0 Å². The van der Waals surface area contributed by atoms with Gasteiger partial charge < -0.3 is 43.9 Å². The number of hydrogen-bond donors (Lipinski definition) is 4. The molecule has 2 aliphatic rings. The highest BCUT2D eigenvalue weighted by Crippen LogP contribution is 2.53. The van der Waals surface area contributed by atoms with Gasteiger partial charge in [0.25, 0.3) is 0 Å². The summed E-state index contributed by atoms with van der Waals surface area (Å²) in [4.78, 5) is 0. The molecule has 0 saturated carbocycles. The van der Waals surface area contributed by atoms with Crippen LogP contribution in [-0.2, 0) is 30.1 Å². The molecule has 0 bridgehead atoms. The number of rotatable bonds is 10. The van der Waals surface area contributed by atoms with Crippen LogP contribution in [0.1, 0.15) is 5.56 Å². The minimum atomic E-state index is -3.47. The maximum absolute atomic E-state index is 15.3. The van der Waals surface area contributed by atoms with Crippen molar-refractivity contribution in [2.45, 2.75) is 55.2 Å². The van der Waals surface area contributed by atoms with E-state index in [0.29, 0.717) is 17.2 Å². The zero-order valence-corrected chi connectivity index (χ0v) is 23.2. The predicted molar refractivity (Wildman–Crippen MR) is 152 cm³/mol. The molecule has 0 radical (unpaired) electrons. The summed E-state index contributed by atoms with van der Waals surface area (Å²) >= 11 is 0. The van der Waals surface area contributed by atoms with Gasteiger partial charge in [-0.3, -0.25) is 0 Å². The monoisotopic (exact) mass is 582 g/mol. The molecule has 5 rings (SSSR count). The molecule has 9 nitrogen and oxygen atoms in total. The molecule has 0 amide bonds. The summed E-state index contributed by atoms with van der Waals surface area (Å²) in [5.41, 5.74) is 0.180. The molecule has 0 aromatic heterocycles. The van der Waals surface area contributed by atoms with Crippen LogP contribution in [0.2, 0.25) is 0 Å². The normalized spacial score (nSPS) is 30.0. The van der Waals surface area contributed by atoms with E-state index >= 15 is 4.57 Å². The van der Waals surface area contributed by atoms with Gasteiger partial charge in [0.05, 0.1) is 31.7 Å². The third kappa shape index (κ3) is 6.33. The van der Waals surface area contributed by atoms with Gasteiger partial charge >= 0.3 is 0 Å². The van der Waals surface area contributed by atoms with Crippen molar-refractivity contribution in [3.8, 4) is 0 Å². The van der Waals surface area contributed by atoms with E-state index in [4.69, 9.17) is 18.9 Å². The van der Waals surface area contributed by atoms with Crippen LogP contribution in [-0.4, -0.2) is 82.2 Å². The smallest absolute Gasteiger partial charge is 0.187 e. The van der Waals surface area contributed by atoms with E-state index in [1.54, 1.807) is 6.08 Å². The summed E-state index contributed by atoms with van der Waals surface area (Å²) in [5, 5.41) is 42.4. The van der Waals surface area contributed by atoms with Crippen molar-refractivity contribution in [2.75, 3.05) is 13.2 Å². The topological polar surface area (TPSA) is 135 Å². The van der Waals surface area contributed by atoms with Gasteiger partial charge in [-0.05, 0) is 11.6 Å². The summed E-state index contributed by atoms with van der Waals surface area (Å²) in [6, 6.07) is 27.8. The lowest BCUT2D eigenvalue weighted by atomic mass is 9.99. The van der Waals surface area contributed by atoms with Crippen molar-refractivity contribution in [3.63, 3.8) is 0 Å². The van der Waals surface area contributed by atoms with Crippen LogP contribution in [0, 0.1) is 0 Å². The van der Waals surface area contributed by atoms with Gasteiger partial charge in [0.2, 0.25) is 0 Å². The first kappa shape index (κ1) is 29.6. The van der Waals surface area contributed by atoms with Gasteiger partial charge in [0.15, 0.2) is 13.4 Å². The summed E-state index contributed by atoms with van der Waals surface area (Å²) in [6.45, 7) is -0.246. The fraction of sp³-hybridized carbons (Fsp3) is 0.355. The highest BCUT2D eigenvalue weighted by atomic mass is 31.2. The molecule has 0 spiro atoms. The third-order valence-electron chi connectivity index (χ3n) is 7.46. The molecule has 8 atom stereocenters. The van der Waals surface area contributed by atoms with E-state index in [1.807, 2.05) is 91.0 Å². The number of hydrogen-bond acceptors (Lipinski definition) is 9. The van der Waals surface area contributed by atoms with Gasteiger partial charge in [0.1, 0.15) is 36.6 Å². The van der Waals surface area contributed by atoms with Crippen LogP contribution >= 0.6 is 7.14 Å². The number of aliphatic hydroxyl groups excluding tert-OH is 4. The lowest BCUT2D eigenvalue weighted by molar-refractivity contribution is -0.318. The minimum absolute atomic E-state index is 0.0569. The van der Waals surface area contributed by atoms with Crippen molar-refractivity contribution < 1.29 is 43.9 Å². The lowest BCUT2D eigenvalue weighted by Crippen LogP contribution is -2.61. The van der Waals surface area contributed by atoms with Gasteiger partial charge in [0, 0.05) is 10.6 Å².